The van der Waals surface area contributed by atoms with Crippen LogP contribution in [0.4, 0.5) is 5.69 Å². The number of hydrogen-bond acceptors (Lipinski definition) is 6. The van der Waals surface area contributed by atoms with Crippen molar-refractivity contribution < 1.29 is 28.6 Å². The smallest absolute Gasteiger partial charge is 0.302 e. The SMILES string of the molecule is COc1ccc(C2CC(OC(C)=O)CCC2NC(=O)c2ccc(NC(C)=O)cc2)cc1OC. The van der Waals surface area contributed by atoms with Crippen molar-refractivity contribution >= 4 is 23.5 Å². The third kappa shape index (κ3) is 6.25. The summed E-state index contributed by atoms with van der Waals surface area (Å²) >= 11 is 0. The number of carbonyl (C=O) groups excluding carboxylic acids is 3. The Morgan fingerprint density at radius 3 is 2.21 bits per heavy atom. The highest BCUT2D eigenvalue weighted by Crippen LogP contribution is 2.38. The Balaban J connectivity index is 1.81. The van der Waals surface area contributed by atoms with Crippen molar-refractivity contribution in [1.29, 1.82) is 0 Å². The van der Waals surface area contributed by atoms with E-state index in [-0.39, 0.29) is 35.8 Å². The van der Waals surface area contributed by atoms with E-state index in [2.05, 4.69) is 10.6 Å². The second-order valence-electron chi connectivity index (χ2n) is 8.10. The van der Waals surface area contributed by atoms with Crippen LogP contribution in [-0.2, 0) is 14.3 Å². The third-order valence-corrected chi connectivity index (χ3v) is 5.75. The first-order valence-electron chi connectivity index (χ1n) is 10.9. The van der Waals surface area contributed by atoms with Gasteiger partial charge in [0.15, 0.2) is 11.5 Å². The van der Waals surface area contributed by atoms with Gasteiger partial charge in [-0.2, -0.15) is 0 Å². The Kier molecular flexibility index (Phi) is 7.92. The number of anilines is 1. The van der Waals surface area contributed by atoms with Crippen molar-refractivity contribution in [1.82, 2.24) is 5.32 Å². The summed E-state index contributed by atoms with van der Waals surface area (Å²) in [6.45, 7) is 2.84. The average Bonchev–Trinajstić information content (AvgIpc) is 2.79. The molecule has 33 heavy (non-hydrogen) atoms. The van der Waals surface area contributed by atoms with Crippen molar-refractivity contribution in [3.63, 3.8) is 0 Å². The highest BCUT2D eigenvalue weighted by Gasteiger charge is 2.34. The zero-order chi connectivity index (χ0) is 24.0. The summed E-state index contributed by atoms with van der Waals surface area (Å²) in [5.74, 6) is 0.454. The van der Waals surface area contributed by atoms with Gasteiger partial charge in [0.05, 0.1) is 14.2 Å². The van der Waals surface area contributed by atoms with Crippen LogP contribution < -0.4 is 20.1 Å². The first-order valence-corrected chi connectivity index (χ1v) is 10.9. The van der Waals surface area contributed by atoms with Crippen molar-refractivity contribution in [2.75, 3.05) is 19.5 Å². The Morgan fingerprint density at radius 2 is 1.61 bits per heavy atom. The molecule has 2 aromatic rings. The van der Waals surface area contributed by atoms with E-state index >= 15 is 0 Å². The summed E-state index contributed by atoms with van der Waals surface area (Å²) < 4.78 is 16.3. The van der Waals surface area contributed by atoms with Crippen LogP contribution >= 0.6 is 0 Å². The number of esters is 1. The number of ether oxygens (including phenoxy) is 3. The fourth-order valence-corrected chi connectivity index (χ4v) is 4.26. The number of nitrogens with one attached hydrogen (secondary N) is 2. The molecule has 0 heterocycles. The van der Waals surface area contributed by atoms with Gasteiger partial charge in [-0.3, -0.25) is 14.4 Å². The van der Waals surface area contributed by atoms with E-state index in [1.165, 1.54) is 13.8 Å². The fourth-order valence-electron chi connectivity index (χ4n) is 4.26. The van der Waals surface area contributed by atoms with Gasteiger partial charge >= 0.3 is 5.97 Å². The Hall–Kier alpha value is -3.55. The lowest BCUT2D eigenvalue weighted by Gasteiger charge is -2.36. The Bertz CT molecular complexity index is 1000. The lowest BCUT2D eigenvalue weighted by Crippen LogP contribution is -2.44. The van der Waals surface area contributed by atoms with Crippen molar-refractivity contribution in [2.24, 2.45) is 0 Å². The highest BCUT2D eigenvalue weighted by molar-refractivity contribution is 5.95. The maximum absolute atomic E-state index is 13.0. The van der Waals surface area contributed by atoms with Crippen LogP contribution in [0.15, 0.2) is 42.5 Å². The molecule has 3 rings (SSSR count). The molecule has 2 N–H and O–H groups in total. The van der Waals surface area contributed by atoms with Crippen LogP contribution in [-0.4, -0.2) is 44.1 Å². The Morgan fingerprint density at radius 1 is 0.909 bits per heavy atom. The van der Waals surface area contributed by atoms with E-state index in [1.807, 2.05) is 18.2 Å². The first-order chi connectivity index (χ1) is 15.8. The third-order valence-electron chi connectivity index (χ3n) is 5.75. The number of methoxy groups -OCH3 is 2. The van der Waals surface area contributed by atoms with Crippen molar-refractivity contribution in [2.45, 2.75) is 51.2 Å². The van der Waals surface area contributed by atoms with Crippen LogP contribution in [0.25, 0.3) is 0 Å². The lowest BCUT2D eigenvalue weighted by molar-refractivity contribution is -0.148. The first kappa shape index (κ1) is 24.1. The number of rotatable bonds is 7. The molecule has 0 saturated heterocycles. The van der Waals surface area contributed by atoms with Crippen LogP contribution in [0.1, 0.15) is 54.9 Å². The average molecular weight is 455 g/mol. The van der Waals surface area contributed by atoms with Crippen LogP contribution in [0.3, 0.4) is 0 Å². The van der Waals surface area contributed by atoms with Crippen LogP contribution in [0.5, 0.6) is 11.5 Å². The van der Waals surface area contributed by atoms with E-state index in [0.29, 0.717) is 42.0 Å². The number of hydrogen-bond donors (Lipinski definition) is 2. The quantitative estimate of drug-likeness (QED) is 0.619. The molecule has 1 fully saturated rings. The summed E-state index contributed by atoms with van der Waals surface area (Å²) in [4.78, 5) is 35.7. The van der Waals surface area contributed by atoms with Gasteiger partial charge in [-0.15, -0.1) is 0 Å². The highest BCUT2D eigenvalue weighted by atomic mass is 16.5. The molecule has 3 atom stereocenters. The summed E-state index contributed by atoms with van der Waals surface area (Å²) in [5.41, 5.74) is 2.09. The predicted octanol–water partition coefficient (Wildman–Crippen LogP) is 3.66. The lowest BCUT2D eigenvalue weighted by atomic mass is 9.78. The minimum absolute atomic E-state index is 0.0782. The van der Waals surface area contributed by atoms with E-state index in [4.69, 9.17) is 14.2 Å². The number of benzene rings is 2. The normalized spacial score (nSPS) is 19.8. The molecule has 8 nitrogen and oxygen atoms in total. The fraction of sp³-hybridized carbons (Fsp3) is 0.400. The molecule has 0 spiro atoms. The van der Waals surface area contributed by atoms with Crippen molar-refractivity contribution in [3.05, 3.63) is 53.6 Å². The molecule has 1 saturated carbocycles. The summed E-state index contributed by atoms with van der Waals surface area (Å²) in [5, 5.41) is 5.83. The molecule has 8 heteroatoms. The summed E-state index contributed by atoms with van der Waals surface area (Å²) in [6.07, 6.45) is 1.69. The topological polar surface area (TPSA) is 103 Å². The minimum Gasteiger partial charge on any atom is -0.493 e. The van der Waals surface area contributed by atoms with Gasteiger partial charge in [0.2, 0.25) is 5.91 Å². The molecule has 1 aliphatic rings. The molecule has 3 unspecified atom stereocenters. The number of carbonyl (C=O) groups is 3. The molecular weight excluding hydrogens is 424 g/mol. The van der Waals surface area contributed by atoms with Gasteiger partial charge in [0.25, 0.3) is 5.91 Å². The molecule has 176 valence electrons. The van der Waals surface area contributed by atoms with Gasteiger partial charge in [0, 0.05) is 37.1 Å². The standard InChI is InChI=1S/C25H30N2O6/c1-15(28)26-19-8-5-17(6-9-19)25(30)27-22-11-10-20(33-16(2)29)14-21(22)18-7-12-23(31-3)24(13-18)32-4/h5-9,12-13,20-22H,10-11,14H2,1-4H3,(H,26,28)(H,27,30). The zero-order valence-electron chi connectivity index (χ0n) is 19.3. The molecule has 0 aliphatic heterocycles. The molecule has 0 radical (unpaired) electrons. The van der Waals surface area contributed by atoms with Gasteiger partial charge < -0.3 is 24.8 Å². The van der Waals surface area contributed by atoms with Crippen LogP contribution in [0.2, 0.25) is 0 Å². The largest absolute Gasteiger partial charge is 0.493 e. The second-order valence-corrected chi connectivity index (χ2v) is 8.10. The minimum atomic E-state index is -0.312. The molecule has 1 aliphatic carbocycles. The number of amides is 2. The second kappa shape index (κ2) is 10.8. The van der Waals surface area contributed by atoms with Crippen LogP contribution in [0, 0.1) is 0 Å². The van der Waals surface area contributed by atoms with Gasteiger partial charge in [-0.1, -0.05) is 6.07 Å². The molecule has 2 aromatic carbocycles. The monoisotopic (exact) mass is 454 g/mol. The maximum atomic E-state index is 13.0. The van der Waals surface area contributed by atoms with Gasteiger partial charge in [-0.05, 0) is 61.2 Å². The maximum Gasteiger partial charge on any atom is 0.302 e. The van der Waals surface area contributed by atoms with E-state index in [1.54, 1.807) is 38.5 Å². The summed E-state index contributed by atoms with van der Waals surface area (Å²) in [7, 11) is 3.16. The Labute approximate surface area is 193 Å². The van der Waals surface area contributed by atoms with Gasteiger partial charge in [0.1, 0.15) is 6.10 Å². The predicted molar refractivity (Wildman–Crippen MR) is 124 cm³/mol. The van der Waals surface area contributed by atoms with E-state index in [0.717, 1.165) is 5.56 Å². The van der Waals surface area contributed by atoms with E-state index in [9.17, 15) is 14.4 Å². The molecule has 2 amide bonds. The molecule has 0 aromatic heterocycles. The van der Waals surface area contributed by atoms with E-state index < -0.39 is 0 Å². The zero-order valence-corrected chi connectivity index (χ0v) is 19.3. The van der Waals surface area contributed by atoms with Gasteiger partial charge in [-0.25, -0.2) is 0 Å². The molecule has 0 bridgehead atoms. The van der Waals surface area contributed by atoms with Crippen molar-refractivity contribution in [3.8, 4) is 11.5 Å². The summed E-state index contributed by atoms with van der Waals surface area (Å²) in [6, 6.07) is 12.3. The molecular formula is C25H30N2O6.